The lowest BCUT2D eigenvalue weighted by atomic mass is 10.1. The third-order valence-corrected chi connectivity index (χ3v) is 5.00. The fourth-order valence-electron chi connectivity index (χ4n) is 3.35. The Morgan fingerprint density at radius 2 is 1.67 bits per heavy atom. The number of benzene rings is 2. The zero-order valence-electron chi connectivity index (χ0n) is 17.6. The summed E-state index contributed by atoms with van der Waals surface area (Å²) in [6, 6.07) is 16.7. The number of nitrogens with zero attached hydrogens (tertiary/aromatic N) is 1. The molecule has 156 valence electrons. The molecule has 30 heavy (non-hydrogen) atoms. The summed E-state index contributed by atoms with van der Waals surface area (Å²) in [6.07, 6.45) is 0. The Balaban J connectivity index is 1.74. The summed E-state index contributed by atoms with van der Waals surface area (Å²) in [6.45, 7) is 4.50. The van der Waals surface area contributed by atoms with Crippen LogP contribution in [-0.4, -0.2) is 37.1 Å². The summed E-state index contributed by atoms with van der Waals surface area (Å²) in [4.78, 5) is 24.5. The number of ether oxygens (including phenoxy) is 3. The van der Waals surface area contributed by atoms with Gasteiger partial charge in [0.15, 0.2) is 18.1 Å². The van der Waals surface area contributed by atoms with Crippen LogP contribution in [0, 0.1) is 13.8 Å². The first-order chi connectivity index (χ1) is 14.4. The van der Waals surface area contributed by atoms with Gasteiger partial charge < -0.3 is 18.8 Å². The van der Waals surface area contributed by atoms with Gasteiger partial charge in [-0.25, -0.2) is 4.79 Å². The Kier molecular flexibility index (Phi) is 6.57. The van der Waals surface area contributed by atoms with Crippen molar-refractivity contribution < 1.29 is 23.8 Å². The largest absolute Gasteiger partial charge is 0.493 e. The first-order valence-corrected chi connectivity index (χ1v) is 9.57. The summed E-state index contributed by atoms with van der Waals surface area (Å²) in [5.41, 5.74) is 4.06. The number of Topliss-reactive ketones (excluding diaryl/α,β-unsaturated/α-hetero) is 1. The predicted molar refractivity (Wildman–Crippen MR) is 114 cm³/mol. The Bertz CT molecular complexity index is 1050. The molecular weight excluding hydrogens is 382 g/mol. The number of carbonyl (C=O) groups excluding carboxylic acids is 2. The molecule has 0 fully saturated rings. The van der Waals surface area contributed by atoms with E-state index in [0.29, 0.717) is 29.2 Å². The predicted octanol–water partition coefficient (Wildman–Crippen LogP) is 4.21. The normalized spacial score (nSPS) is 10.5. The lowest BCUT2D eigenvalue weighted by Crippen LogP contribution is -2.14. The van der Waals surface area contributed by atoms with Crippen LogP contribution in [0.25, 0.3) is 0 Å². The van der Waals surface area contributed by atoms with E-state index in [9.17, 15) is 9.59 Å². The Labute approximate surface area is 176 Å². The fourth-order valence-corrected chi connectivity index (χ4v) is 3.35. The molecule has 0 saturated heterocycles. The average molecular weight is 407 g/mol. The first-order valence-electron chi connectivity index (χ1n) is 9.57. The van der Waals surface area contributed by atoms with Crippen LogP contribution in [0.2, 0.25) is 0 Å². The van der Waals surface area contributed by atoms with E-state index in [-0.39, 0.29) is 12.4 Å². The quantitative estimate of drug-likeness (QED) is 0.413. The number of aromatic nitrogens is 1. The zero-order valence-corrected chi connectivity index (χ0v) is 17.6. The summed E-state index contributed by atoms with van der Waals surface area (Å²) in [7, 11) is 2.79. The van der Waals surface area contributed by atoms with Crippen LogP contribution in [0.1, 0.15) is 37.7 Å². The highest BCUT2D eigenvalue weighted by Gasteiger charge is 2.18. The second kappa shape index (κ2) is 9.31. The molecule has 0 N–H and O–H groups in total. The molecule has 0 radical (unpaired) electrons. The van der Waals surface area contributed by atoms with E-state index >= 15 is 0 Å². The minimum Gasteiger partial charge on any atom is -0.493 e. The molecule has 6 nitrogen and oxygen atoms in total. The van der Waals surface area contributed by atoms with E-state index in [0.717, 1.165) is 11.4 Å². The molecule has 6 heteroatoms. The average Bonchev–Trinajstić information content (AvgIpc) is 3.05. The molecule has 3 rings (SSSR count). The number of esters is 1. The van der Waals surface area contributed by atoms with Gasteiger partial charge >= 0.3 is 5.97 Å². The van der Waals surface area contributed by atoms with Crippen LogP contribution in [0.5, 0.6) is 11.5 Å². The molecule has 0 aliphatic rings. The zero-order chi connectivity index (χ0) is 21.7. The van der Waals surface area contributed by atoms with Crippen LogP contribution >= 0.6 is 0 Å². The first kappa shape index (κ1) is 21.2. The highest BCUT2D eigenvalue weighted by Crippen LogP contribution is 2.29. The van der Waals surface area contributed by atoms with Crippen LogP contribution in [0.15, 0.2) is 54.6 Å². The summed E-state index contributed by atoms with van der Waals surface area (Å²) in [5, 5.41) is 0. The highest BCUT2D eigenvalue weighted by molar-refractivity contribution is 5.98. The Morgan fingerprint density at radius 3 is 2.33 bits per heavy atom. The van der Waals surface area contributed by atoms with E-state index in [1.54, 1.807) is 12.1 Å². The molecule has 0 bridgehead atoms. The number of rotatable bonds is 8. The molecule has 0 saturated carbocycles. The number of aryl methyl sites for hydroxylation is 1. The van der Waals surface area contributed by atoms with Crippen molar-refractivity contribution >= 4 is 11.8 Å². The standard InChI is InChI=1S/C24H25NO5/c1-16-12-20(17(2)25(16)14-18-8-6-5-7-9-18)21(26)15-30-22-11-10-19(24(27)29-4)13-23(22)28-3/h5-13H,14-15H2,1-4H3. The lowest BCUT2D eigenvalue weighted by Gasteiger charge is -2.12. The Hall–Kier alpha value is -3.54. The van der Waals surface area contributed by atoms with E-state index in [4.69, 9.17) is 14.2 Å². The van der Waals surface area contributed by atoms with E-state index in [1.165, 1.54) is 25.8 Å². The van der Waals surface area contributed by atoms with Gasteiger partial charge in [0, 0.05) is 23.5 Å². The van der Waals surface area contributed by atoms with Crippen molar-refractivity contribution in [2.45, 2.75) is 20.4 Å². The molecule has 3 aromatic rings. The van der Waals surface area contributed by atoms with Gasteiger partial charge in [-0.05, 0) is 43.7 Å². The molecule has 0 spiro atoms. The van der Waals surface area contributed by atoms with Gasteiger partial charge in [0.05, 0.1) is 19.8 Å². The lowest BCUT2D eigenvalue weighted by molar-refractivity contribution is 0.0600. The third-order valence-electron chi connectivity index (χ3n) is 5.00. The number of carbonyl (C=O) groups is 2. The highest BCUT2D eigenvalue weighted by atomic mass is 16.5. The minimum atomic E-state index is -0.471. The summed E-state index contributed by atoms with van der Waals surface area (Å²) >= 11 is 0. The molecule has 0 aliphatic heterocycles. The SMILES string of the molecule is COC(=O)c1ccc(OCC(=O)c2cc(C)n(Cc3ccccc3)c2C)c(OC)c1. The number of hydrogen-bond donors (Lipinski definition) is 0. The van der Waals surface area contributed by atoms with Crippen LogP contribution in [-0.2, 0) is 11.3 Å². The second-order valence-corrected chi connectivity index (χ2v) is 6.93. The molecule has 0 unspecified atom stereocenters. The van der Waals surface area contributed by atoms with E-state index in [1.807, 2.05) is 38.1 Å². The van der Waals surface area contributed by atoms with Crippen molar-refractivity contribution in [2.75, 3.05) is 20.8 Å². The molecule has 0 atom stereocenters. The topological polar surface area (TPSA) is 66.8 Å². The summed E-state index contributed by atoms with van der Waals surface area (Å²) in [5.74, 6) is 0.153. The molecule has 0 amide bonds. The van der Waals surface area contributed by atoms with Crippen LogP contribution in [0.4, 0.5) is 0 Å². The van der Waals surface area contributed by atoms with Crippen LogP contribution < -0.4 is 9.47 Å². The van der Waals surface area contributed by atoms with Crippen molar-refractivity contribution in [1.82, 2.24) is 4.57 Å². The van der Waals surface area contributed by atoms with Crippen molar-refractivity contribution in [1.29, 1.82) is 0 Å². The smallest absolute Gasteiger partial charge is 0.337 e. The second-order valence-electron chi connectivity index (χ2n) is 6.93. The monoisotopic (exact) mass is 407 g/mol. The van der Waals surface area contributed by atoms with Gasteiger partial charge in [-0.3, -0.25) is 4.79 Å². The maximum atomic E-state index is 12.8. The van der Waals surface area contributed by atoms with Gasteiger partial charge in [0.1, 0.15) is 0 Å². The Morgan fingerprint density at radius 1 is 0.933 bits per heavy atom. The molecule has 1 heterocycles. The molecular formula is C24H25NO5. The maximum absolute atomic E-state index is 12.8. The van der Waals surface area contributed by atoms with Gasteiger partial charge in [0.25, 0.3) is 0 Å². The number of methoxy groups -OCH3 is 2. The molecule has 1 aromatic heterocycles. The number of ketones is 1. The fraction of sp³-hybridized carbons (Fsp3) is 0.250. The van der Waals surface area contributed by atoms with E-state index < -0.39 is 5.97 Å². The van der Waals surface area contributed by atoms with E-state index in [2.05, 4.69) is 16.7 Å². The van der Waals surface area contributed by atoms with Crippen molar-refractivity contribution in [3.63, 3.8) is 0 Å². The number of hydrogen-bond acceptors (Lipinski definition) is 5. The molecule has 0 aliphatic carbocycles. The van der Waals surface area contributed by atoms with Gasteiger partial charge in [-0.2, -0.15) is 0 Å². The van der Waals surface area contributed by atoms with Crippen molar-refractivity contribution in [2.24, 2.45) is 0 Å². The minimum absolute atomic E-state index is 0.124. The van der Waals surface area contributed by atoms with Crippen LogP contribution in [0.3, 0.4) is 0 Å². The molecule has 2 aromatic carbocycles. The van der Waals surface area contributed by atoms with Gasteiger partial charge in [0.2, 0.25) is 5.78 Å². The third kappa shape index (κ3) is 4.54. The van der Waals surface area contributed by atoms with Gasteiger partial charge in [-0.15, -0.1) is 0 Å². The van der Waals surface area contributed by atoms with Gasteiger partial charge in [-0.1, -0.05) is 30.3 Å². The maximum Gasteiger partial charge on any atom is 0.337 e. The van der Waals surface area contributed by atoms with Crippen molar-refractivity contribution in [3.05, 3.63) is 82.7 Å². The van der Waals surface area contributed by atoms with Crippen molar-refractivity contribution in [3.8, 4) is 11.5 Å². The summed E-state index contributed by atoms with van der Waals surface area (Å²) < 4.78 is 17.8.